The second kappa shape index (κ2) is 8.06. The molecule has 1 saturated heterocycles. The molecule has 0 aromatic heterocycles. The monoisotopic (exact) mass is 242 g/mol. The highest BCUT2D eigenvalue weighted by atomic mass is 16.5. The number of hydrogen-bond acceptors (Lipinski definition) is 3. The van der Waals surface area contributed by atoms with E-state index in [0.29, 0.717) is 18.2 Å². The van der Waals surface area contributed by atoms with Gasteiger partial charge in [0.25, 0.3) is 0 Å². The molecule has 1 fully saturated rings. The lowest BCUT2D eigenvalue weighted by Gasteiger charge is -2.36. The molecule has 0 bridgehead atoms. The lowest BCUT2D eigenvalue weighted by atomic mass is 10.0. The highest BCUT2D eigenvalue weighted by Gasteiger charge is 2.22. The molecule has 1 aliphatic heterocycles. The van der Waals surface area contributed by atoms with Gasteiger partial charge in [0.15, 0.2) is 0 Å². The Kier molecular flexibility index (Phi) is 7.09. The molecule has 1 rings (SSSR count). The number of ether oxygens (including phenoxy) is 1. The third-order valence-electron chi connectivity index (χ3n) is 3.62. The largest absolute Gasteiger partial charge is 0.378 e. The van der Waals surface area contributed by atoms with E-state index in [-0.39, 0.29) is 0 Å². The maximum absolute atomic E-state index is 5.68. The molecule has 1 N–H and O–H groups in total. The zero-order chi connectivity index (χ0) is 12.7. The Morgan fingerprint density at radius 2 is 1.88 bits per heavy atom. The molecule has 0 amide bonds. The van der Waals surface area contributed by atoms with Crippen LogP contribution in [0.1, 0.15) is 47.0 Å². The molecular formula is C14H30N2O. The lowest BCUT2D eigenvalue weighted by Crippen LogP contribution is -2.43. The van der Waals surface area contributed by atoms with Crippen molar-refractivity contribution in [1.29, 1.82) is 0 Å². The summed E-state index contributed by atoms with van der Waals surface area (Å²) in [5, 5.41) is 3.49. The SMILES string of the molecule is CCOC1CCN(C(C)CCNC(C)C)CC1. The normalized spacial score (nSPS) is 21.0. The molecule has 0 radical (unpaired) electrons. The Hall–Kier alpha value is -0.120. The van der Waals surface area contributed by atoms with Crippen molar-refractivity contribution in [2.75, 3.05) is 26.2 Å². The van der Waals surface area contributed by atoms with E-state index < -0.39 is 0 Å². The smallest absolute Gasteiger partial charge is 0.0599 e. The van der Waals surface area contributed by atoms with E-state index in [9.17, 15) is 0 Å². The van der Waals surface area contributed by atoms with Crippen LogP contribution in [0.15, 0.2) is 0 Å². The van der Waals surface area contributed by atoms with Gasteiger partial charge < -0.3 is 15.0 Å². The zero-order valence-electron chi connectivity index (χ0n) is 12.0. The van der Waals surface area contributed by atoms with E-state index in [1.165, 1.54) is 32.4 Å². The molecule has 0 aliphatic carbocycles. The van der Waals surface area contributed by atoms with Gasteiger partial charge in [-0.05, 0) is 39.7 Å². The highest BCUT2D eigenvalue weighted by molar-refractivity contribution is 4.77. The van der Waals surface area contributed by atoms with Crippen LogP contribution >= 0.6 is 0 Å². The van der Waals surface area contributed by atoms with Crippen molar-refractivity contribution in [2.24, 2.45) is 0 Å². The number of likely N-dealkylation sites (tertiary alicyclic amines) is 1. The van der Waals surface area contributed by atoms with Crippen LogP contribution in [0.3, 0.4) is 0 Å². The molecule has 0 aromatic carbocycles. The van der Waals surface area contributed by atoms with Crippen molar-refractivity contribution in [3.63, 3.8) is 0 Å². The minimum atomic E-state index is 0.511. The lowest BCUT2D eigenvalue weighted by molar-refractivity contribution is 0.00504. The predicted octanol–water partition coefficient (Wildman–Crippen LogP) is 2.26. The maximum Gasteiger partial charge on any atom is 0.0599 e. The van der Waals surface area contributed by atoms with Crippen molar-refractivity contribution in [1.82, 2.24) is 10.2 Å². The second-order valence-corrected chi connectivity index (χ2v) is 5.44. The fourth-order valence-corrected chi connectivity index (χ4v) is 2.48. The van der Waals surface area contributed by atoms with Gasteiger partial charge >= 0.3 is 0 Å². The van der Waals surface area contributed by atoms with E-state index >= 15 is 0 Å². The van der Waals surface area contributed by atoms with Crippen molar-refractivity contribution in [3.05, 3.63) is 0 Å². The van der Waals surface area contributed by atoms with Gasteiger partial charge in [-0.2, -0.15) is 0 Å². The molecule has 1 aliphatic rings. The Labute approximate surface area is 107 Å². The summed E-state index contributed by atoms with van der Waals surface area (Å²) in [7, 11) is 0. The Morgan fingerprint density at radius 3 is 2.41 bits per heavy atom. The summed E-state index contributed by atoms with van der Waals surface area (Å²) in [5.41, 5.74) is 0. The molecular weight excluding hydrogens is 212 g/mol. The van der Waals surface area contributed by atoms with Crippen molar-refractivity contribution < 1.29 is 4.74 Å². The van der Waals surface area contributed by atoms with Gasteiger partial charge in [0.05, 0.1) is 6.10 Å². The first-order valence-corrected chi connectivity index (χ1v) is 7.22. The van der Waals surface area contributed by atoms with Gasteiger partial charge in [0.1, 0.15) is 0 Å². The van der Waals surface area contributed by atoms with Crippen LogP contribution in [-0.2, 0) is 4.74 Å². The first-order chi connectivity index (χ1) is 8.13. The zero-order valence-corrected chi connectivity index (χ0v) is 12.0. The van der Waals surface area contributed by atoms with Crippen LogP contribution in [0.25, 0.3) is 0 Å². The standard InChI is InChI=1S/C14H30N2O/c1-5-17-14-7-10-16(11-8-14)13(4)6-9-15-12(2)3/h12-15H,5-11H2,1-4H3. The van der Waals surface area contributed by atoms with Gasteiger partial charge in [0, 0.05) is 31.8 Å². The number of hydrogen-bond donors (Lipinski definition) is 1. The summed E-state index contributed by atoms with van der Waals surface area (Å²) in [6.07, 6.45) is 4.17. The van der Waals surface area contributed by atoms with E-state index in [1.54, 1.807) is 0 Å². The Morgan fingerprint density at radius 1 is 1.24 bits per heavy atom. The predicted molar refractivity (Wildman–Crippen MR) is 73.4 cm³/mol. The molecule has 1 atom stereocenters. The number of nitrogens with one attached hydrogen (secondary N) is 1. The Bertz CT molecular complexity index is 189. The average Bonchev–Trinajstić information content (AvgIpc) is 2.30. The topological polar surface area (TPSA) is 24.5 Å². The fraction of sp³-hybridized carbons (Fsp3) is 1.00. The summed E-state index contributed by atoms with van der Waals surface area (Å²) in [6.45, 7) is 13.2. The van der Waals surface area contributed by atoms with Crippen LogP contribution in [0.4, 0.5) is 0 Å². The average molecular weight is 242 g/mol. The Balaban J connectivity index is 2.14. The van der Waals surface area contributed by atoms with Crippen molar-refractivity contribution >= 4 is 0 Å². The summed E-state index contributed by atoms with van der Waals surface area (Å²) < 4.78 is 5.68. The van der Waals surface area contributed by atoms with Crippen molar-refractivity contribution in [2.45, 2.75) is 65.1 Å². The van der Waals surface area contributed by atoms with E-state index in [0.717, 1.165) is 13.2 Å². The molecule has 102 valence electrons. The van der Waals surface area contributed by atoms with Crippen molar-refractivity contribution in [3.8, 4) is 0 Å². The summed E-state index contributed by atoms with van der Waals surface area (Å²) >= 11 is 0. The van der Waals surface area contributed by atoms with E-state index in [1.807, 2.05) is 0 Å². The molecule has 17 heavy (non-hydrogen) atoms. The molecule has 1 heterocycles. The van der Waals surface area contributed by atoms with Gasteiger partial charge in [-0.1, -0.05) is 13.8 Å². The number of rotatable bonds is 7. The summed E-state index contributed by atoms with van der Waals surface area (Å²) in [6, 6.07) is 1.30. The van der Waals surface area contributed by atoms with Crippen LogP contribution in [0, 0.1) is 0 Å². The third kappa shape index (κ3) is 5.84. The third-order valence-corrected chi connectivity index (χ3v) is 3.62. The number of piperidine rings is 1. The molecule has 3 nitrogen and oxygen atoms in total. The number of nitrogens with zero attached hydrogens (tertiary/aromatic N) is 1. The van der Waals surface area contributed by atoms with Crippen LogP contribution in [0.5, 0.6) is 0 Å². The van der Waals surface area contributed by atoms with E-state index in [2.05, 4.69) is 37.9 Å². The first-order valence-electron chi connectivity index (χ1n) is 7.22. The van der Waals surface area contributed by atoms with Gasteiger partial charge in [-0.15, -0.1) is 0 Å². The van der Waals surface area contributed by atoms with Crippen LogP contribution < -0.4 is 5.32 Å². The highest BCUT2D eigenvalue weighted by Crippen LogP contribution is 2.16. The fourth-order valence-electron chi connectivity index (χ4n) is 2.48. The van der Waals surface area contributed by atoms with E-state index in [4.69, 9.17) is 4.74 Å². The van der Waals surface area contributed by atoms with Gasteiger partial charge in [0.2, 0.25) is 0 Å². The minimum absolute atomic E-state index is 0.511. The first kappa shape index (κ1) is 14.9. The molecule has 3 heteroatoms. The maximum atomic E-state index is 5.68. The van der Waals surface area contributed by atoms with Crippen LogP contribution in [-0.4, -0.2) is 49.3 Å². The molecule has 1 unspecified atom stereocenters. The van der Waals surface area contributed by atoms with Crippen LogP contribution in [0.2, 0.25) is 0 Å². The minimum Gasteiger partial charge on any atom is -0.378 e. The molecule has 0 aromatic rings. The quantitative estimate of drug-likeness (QED) is 0.741. The second-order valence-electron chi connectivity index (χ2n) is 5.44. The summed E-state index contributed by atoms with van der Waals surface area (Å²) in [5.74, 6) is 0. The molecule has 0 spiro atoms. The summed E-state index contributed by atoms with van der Waals surface area (Å²) in [4.78, 5) is 2.61. The van der Waals surface area contributed by atoms with Gasteiger partial charge in [-0.25, -0.2) is 0 Å². The van der Waals surface area contributed by atoms with Gasteiger partial charge in [-0.3, -0.25) is 0 Å². The molecule has 0 saturated carbocycles.